The van der Waals surface area contributed by atoms with Crippen LogP contribution in [0.25, 0.3) is 0 Å². The minimum Gasteiger partial charge on any atom is -0.459 e. The Hall–Kier alpha value is -1.07. The molecular formula is C15H21ClO4S. The summed E-state index contributed by atoms with van der Waals surface area (Å²) in [6.45, 7) is 9.39. The number of halogens is 1. The molecule has 1 unspecified atom stereocenters. The van der Waals surface area contributed by atoms with Gasteiger partial charge < -0.3 is 4.74 Å². The van der Waals surface area contributed by atoms with Crippen LogP contribution in [0.15, 0.2) is 17.0 Å². The molecule has 0 aliphatic heterocycles. The lowest BCUT2D eigenvalue weighted by atomic mass is 10.0. The maximum absolute atomic E-state index is 12.2. The quantitative estimate of drug-likeness (QED) is 0.607. The Balaban J connectivity index is 3.12. The topological polar surface area (TPSA) is 60.4 Å². The van der Waals surface area contributed by atoms with Crippen molar-refractivity contribution in [3.05, 3.63) is 28.8 Å². The van der Waals surface area contributed by atoms with E-state index >= 15 is 0 Å². The zero-order valence-corrected chi connectivity index (χ0v) is 14.5. The molecule has 0 N–H and O–H groups in total. The van der Waals surface area contributed by atoms with E-state index in [1.807, 2.05) is 20.8 Å². The Bertz CT molecular complexity index is 635. The van der Waals surface area contributed by atoms with Gasteiger partial charge in [0, 0.05) is 10.7 Å². The summed E-state index contributed by atoms with van der Waals surface area (Å²) in [6, 6.07) is 2.72. The smallest absolute Gasteiger partial charge is 0.338 e. The Morgan fingerprint density at radius 2 is 1.81 bits per heavy atom. The second-order valence-electron chi connectivity index (χ2n) is 5.70. The van der Waals surface area contributed by atoms with Crippen molar-refractivity contribution in [1.29, 1.82) is 0 Å². The molecule has 1 aromatic rings. The SMILES string of the molecule is Cc1cc(S(=O)(=O)Cl)cc(C(=O)OC(C)CC(C)C)c1C. The summed E-state index contributed by atoms with van der Waals surface area (Å²) >= 11 is 0. The molecule has 1 rings (SSSR count). The number of carbonyl (C=O) groups is 1. The maximum atomic E-state index is 12.2. The molecule has 0 saturated carbocycles. The number of carbonyl (C=O) groups excluding carboxylic acids is 1. The highest BCUT2D eigenvalue weighted by Gasteiger charge is 2.20. The first-order valence-electron chi connectivity index (χ1n) is 6.79. The Kier molecular flexibility index (Phi) is 5.82. The third kappa shape index (κ3) is 5.00. The first kappa shape index (κ1) is 18.0. The van der Waals surface area contributed by atoms with Crippen molar-refractivity contribution in [1.82, 2.24) is 0 Å². The molecule has 0 aliphatic carbocycles. The van der Waals surface area contributed by atoms with Crippen molar-refractivity contribution in [2.75, 3.05) is 0 Å². The largest absolute Gasteiger partial charge is 0.459 e. The van der Waals surface area contributed by atoms with Crippen molar-refractivity contribution in [3.8, 4) is 0 Å². The molecular weight excluding hydrogens is 312 g/mol. The number of benzene rings is 1. The van der Waals surface area contributed by atoms with E-state index < -0.39 is 15.0 Å². The van der Waals surface area contributed by atoms with E-state index in [-0.39, 0.29) is 16.6 Å². The second kappa shape index (κ2) is 6.79. The van der Waals surface area contributed by atoms with Gasteiger partial charge in [-0.1, -0.05) is 13.8 Å². The number of esters is 1. The molecule has 1 atom stereocenters. The highest BCUT2D eigenvalue weighted by atomic mass is 35.7. The van der Waals surface area contributed by atoms with Crippen LogP contribution in [0.5, 0.6) is 0 Å². The summed E-state index contributed by atoms with van der Waals surface area (Å²) in [4.78, 5) is 12.1. The van der Waals surface area contributed by atoms with Crippen molar-refractivity contribution >= 4 is 25.7 Å². The van der Waals surface area contributed by atoms with Crippen LogP contribution in [0, 0.1) is 19.8 Å². The van der Waals surface area contributed by atoms with E-state index in [2.05, 4.69) is 0 Å². The first-order chi connectivity index (χ1) is 9.52. The Morgan fingerprint density at radius 1 is 1.24 bits per heavy atom. The van der Waals surface area contributed by atoms with Crippen molar-refractivity contribution in [2.45, 2.75) is 52.0 Å². The molecule has 0 aliphatic rings. The summed E-state index contributed by atoms with van der Waals surface area (Å²) in [5.41, 5.74) is 1.62. The average Bonchev–Trinajstić information content (AvgIpc) is 2.29. The summed E-state index contributed by atoms with van der Waals surface area (Å²) in [5.74, 6) is -0.115. The highest BCUT2D eigenvalue weighted by molar-refractivity contribution is 8.13. The summed E-state index contributed by atoms with van der Waals surface area (Å²) in [7, 11) is 1.47. The van der Waals surface area contributed by atoms with E-state index in [0.29, 0.717) is 17.0 Å². The maximum Gasteiger partial charge on any atom is 0.338 e. The van der Waals surface area contributed by atoms with E-state index in [0.717, 1.165) is 6.42 Å². The standard InChI is InChI=1S/C15H21ClO4S/c1-9(2)6-11(4)20-15(17)14-8-13(21(16,18)19)7-10(3)12(14)5/h7-9,11H,6H2,1-5H3. The fourth-order valence-corrected chi connectivity index (χ4v) is 2.98. The van der Waals surface area contributed by atoms with Gasteiger partial charge in [-0.15, -0.1) is 0 Å². The van der Waals surface area contributed by atoms with Crippen LogP contribution in [0.3, 0.4) is 0 Å². The lowest BCUT2D eigenvalue weighted by Crippen LogP contribution is -2.18. The van der Waals surface area contributed by atoms with E-state index in [1.165, 1.54) is 12.1 Å². The van der Waals surface area contributed by atoms with Gasteiger partial charge >= 0.3 is 5.97 Å². The fraction of sp³-hybridized carbons (Fsp3) is 0.533. The Morgan fingerprint density at radius 3 is 2.29 bits per heavy atom. The molecule has 0 radical (unpaired) electrons. The van der Waals surface area contributed by atoms with E-state index in [4.69, 9.17) is 15.4 Å². The monoisotopic (exact) mass is 332 g/mol. The van der Waals surface area contributed by atoms with Gasteiger partial charge in [-0.2, -0.15) is 0 Å². The molecule has 1 aromatic carbocycles. The molecule has 6 heteroatoms. The number of aryl methyl sites for hydroxylation is 1. The zero-order chi connectivity index (χ0) is 16.4. The average molecular weight is 333 g/mol. The predicted octanol–water partition coefficient (Wildman–Crippen LogP) is 3.82. The summed E-state index contributed by atoms with van der Waals surface area (Å²) < 4.78 is 28.3. The molecule has 0 saturated heterocycles. The predicted molar refractivity (Wildman–Crippen MR) is 83.3 cm³/mol. The van der Waals surface area contributed by atoms with Crippen LogP contribution in [-0.2, 0) is 13.8 Å². The van der Waals surface area contributed by atoms with Crippen LogP contribution in [0.4, 0.5) is 0 Å². The van der Waals surface area contributed by atoms with Gasteiger partial charge in [0.05, 0.1) is 16.6 Å². The van der Waals surface area contributed by atoms with Gasteiger partial charge in [-0.3, -0.25) is 0 Å². The summed E-state index contributed by atoms with van der Waals surface area (Å²) in [5, 5.41) is 0. The molecule has 0 bridgehead atoms. The van der Waals surface area contributed by atoms with Gasteiger partial charge in [0.15, 0.2) is 0 Å². The van der Waals surface area contributed by atoms with Crippen LogP contribution in [-0.4, -0.2) is 20.5 Å². The molecule has 0 spiro atoms. The first-order valence-corrected chi connectivity index (χ1v) is 9.10. The molecule has 0 aromatic heterocycles. The number of hydrogen-bond donors (Lipinski definition) is 0. The molecule has 4 nitrogen and oxygen atoms in total. The molecule has 118 valence electrons. The highest BCUT2D eigenvalue weighted by Crippen LogP contribution is 2.24. The van der Waals surface area contributed by atoms with Gasteiger partial charge in [-0.05, 0) is 56.4 Å². The fourth-order valence-electron chi connectivity index (χ4n) is 2.14. The van der Waals surface area contributed by atoms with Gasteiger partial charge in [0.25, 0.3) is 9.05 Å². The normalized spacial score (nSPS) is 13.3. The van der Waals surface area contributed by atoms with Crippen molar-refractivity contribution in [3.63, 3.8) is 0 Å². The van der Waals surface area contributed by atoms with E-state index in [9.17, 15) is 13.2 Å². The van der Waals surface area contributed by atoms with Gasteiger partial charge in [-0.25, -0.2) is 13.2 Å². The van der Waals surface area contributed by atoms with Crippen LogP contribution in [0.1, 0.15) is 48.7 Å². The number of hydrogen-bond acceptors (Lipinski definition) is 4. The van der Waals surface area contributed by atoms with Crippen molar-refractivity contribution < 1.29 is 17.9 Å². The van der Waals surface area contributed by atoms with Gasteiger partial charge in [0.2, 0.25) is 0 Å². The van der Waals surface area contributed by atoms with Crippen molar-refractivity contribution in [2.24, 2.45) is 5.92 Å². The minimum atomic E-state index is -3.88. The lowest BCUT2D eigenvalue weighted by Gasteiger charge is -2.17. The summed E-state index contributed by atoms with van der Waals surface area (Å²) in [6.07, 6.45) is 0.519. The van der Waals surface area contributed by atoms with Crippen LogP contribution in [0.2, 0.25) is 0 Å². The lowest BCUT2D eigenvalue weighted by molar-refractivity contribution is 0.0298. The number of ether oxygens (including phenoxy) is 1. The number of rotatable bonds is 5. The third-order valence-electron chi connectivity index (χ3n) is 3.25. The third-order valence-corrected chi connectivity index (χ3v) is 4.59. The minimum absolute atomic E-state index is 0.0873. The molecule has 21 heavy (non-hydrogen) atoms. The zero-order valence-electron chi connectivity index (χ0n) is 12.9. The molecule has 0 heterocycles. The molecule has 0 fully saturated rings. The second-order valence-corrected chi connectivity index (χ2v) is 8.26. The van der Waals surface area contributed by atoms with Crippen LogP contribution < -0.4 is 0 Å². The molecule has 0 amide bonds. The van der Waals surface area contributed by atoms with Gasteiger partial charge in [0.1, 0.15) is 0 Å². The Labute approximate surface area is 130 Å². The van der Waals surface area contributed by atoms with E-state index in [1.54, 1.807) is 13.8 Å². The van der Waals surface area contributed by atoms with Crippen LogP contribution >= 0.6 is 10.7 Å².